The fourth-order valence-corrected chi connectivity index (χ4v) is 10.8. The smallest absolute Gasteiger partial charge is 0.414 e. The summed E-state index contributed by atoms with van der Waals surface area (Å²) in [4.78, 5) is 27.3. The Kier molecular flexibility index (Phi) is 19.0. The van der Waals surface area contributed by atoms with Crippen LogP contribution >= 0.6 is 20.3 Å². The van der Waals surface area contributed by atoms with Crippen molar-refractivity contribution >= 4 is 43.5 Å². The van der Waals surface area contributed by atoms with Crippen molar-refractivity contribution in [3.05, 3.63) is 143 Å². The molecule has 3 heterocycles. The predicted molar refractivity (Wildman–Crippen MR) is 274 cm³/mol. The quantitative estimate of drug-likeness (QED) is 0.0327. The van der Waals surface area contributed by atoms with Gasteiger partial charge >= 0.3 is 6.09 Å². The maximum absolute atomic E-state index is 13.0. The van der Waals surface area contributed by atoms with Gasteiger partial charge in [0.2, 0.25) is 5.95 Å². The zero-order valence-corrected chi connectivity index (χ0v) is 42.7. The summed E-state index contributed by atoms with van der Waals surface area (Å²) in [5, 5.41) is 12.2. The number of hydrogen-bond acceptors (Lipinski definition) is 14. The second-order valence-corrected chi connectivity index (χ2v) is 19.8. The number of imidazole rings is 1. The van der Waals surface area contributed by atoms with Crippen LogP contribution in [-0.2, 0) is 48.4 Å². The zero-order chi connectivity index (χ0) is 49.5. The van der Waals surface area contributed by atoms with Gasteiger partial charge in [0.25, 0.3) is 8.53 Å². The highest BCUT2D eigenvalue weighted by atomic mass is 32.2. The van der Waals surface area contributed by atoms with E-state index in [-0.39, 0.29) is 50.4 Å². The number of aromatic nitrogens is 4. The third-order valence-corrected chi connectivity index (χ3v) is 14.8. The maximum Gasteiger partial charge on any atom is 0.414 e. The normalized spacial score (nSPS) is 16.4. The van der Waals surface area contributed by atoms with Crippen molar-refractivity contribution in [3.8, 4) is 17.6 Å². The van der Waals surface area contributed by atoms with E-state index < -0.39 is 32.4 Å². The molecule has 70 heavy (non-hydrogen) atoms. The molecule has 17 heteroatoms. The molecule has 0 spiro atoms. The van der Waals surface area contributed by atoms with Gasteiger partial charge < -0.3 is 37.3 Å². The number of methoxy groups -OCH3 is 2. The molecule has 1 aliphatic heterocycles. The summed E-state index contributed by atoms with van der Waals surface area (Å²) in [6.45, 7) is 9.49. The Hall–Kier alpha value is -5.63. The Morgan fingerprint density at radius 2 is 1.54 bits per heavy atom. The Balaban J connectivity index is 1.20. The molecule has 4 aromatic carbocycles. The lowest BCUT2D eigenvalue weighted by Crippen LogP contribution is -2.39. The topological polar surface area (TPSA) is 164 Å². The number of hydrogen-bond donors (Lipinski definition) is 1. The first-order valence-electron chi connectivity index (χ1n) is 23.6. The van der Waals surface area contributed by atoms with E-state index in [2.05, 4.69) is 55.9 Å². The molecule has 4 atom stereocenters. The lowest BCUT2D eigenvalue weighted by molar-refractivity contribution is -0.0812. The molecule has 1 saturated heterocycles. The number of nitriles is 1. The second kappa shape index (κ2) is 25.5. The number of carbonyl (C=O) groups is 1. The van der Waals surface area contributed by atoms with Gasteiger partial charge in [-0.1, -0.05) is 84.9 Å². The van der Waals surface area contributed by atoms with E-state index in [1.165, 1.54) is 0 Å². The van der Waals surface area contributed by atoms with Crippen LogP contribution in [0.4, 0.5) is 10.7 Å². The average molecular weight is 990 g/mol. The number of nitrogens with one attached hydrogen (secondary N) is 1. The van der Waals surface area contributed by atoms with Crippen molar-refractivity contribution in [3.63, 3.8) is 0 Å². The minimum atomic E-state index is -1.62. The minimum Gasteiger partial charge on any atom is -0.497 e. The van der Waals surface area contributed by atoms with Crippen LogP contribution < -0.4 is 14.8 Å². The van der Waals surface area contributed by atoms with E-state index in [1.54, 1.807) is 32.3 Å². The first-order chi connectivity index (χ1) is 34.1. The molecule has 0 saturated carbocycles. The van der Waals surface area contributed by atoms with Crippen molar-refractivity contribution in [2.24, 2.45) is 0 Å². The van der Waals surface area contributed by atoms with Gasteiger partial charge in [0, 0.05) is 31.5 Å². The molecule has 1 unspecified atom stereocenters. The standard InChI is InChI=1S/C53H64N7O8PS/c1-37(2)60(38(3)4)69(66-31-14-29-54)68-47-33-45(27-30-59-36-55-49-46(28-32-70-7)56-51(57-50(49)59)58-52(61)64-34-39-15-10-8-11-16-39)67-48(47)35-65-53(40-17-12-9-13-18-40,41-19-23-43(62-5)24-20-41)42-21-25-44(63-6)26-22-42/h8-13,15-26,36-38,45,47-48H,14,27-28,30-35H2,1-7H3,(H,56,57,58,61)/t45-,47-,48+,69?/m0/s1. The predicted octanol–water partition coefficient (Wildman–Crippen LogP) is 10.7. The maximum atomic E-state index is 13.0. The van der Waals surface area contributed by atoms with E-state index in [4.69, 9.17) is 47.7 Å². The van der Waals surface area contributed by atoms with Crippen molar-refractivity contribution in [1.29, 1.82) is 5.26 Å². The summed E-state index contributed by atoms with van der Waals surface area (Å²) in [5.74, 6) is 2.41. The zero-order valence-electron chi connectivity index (χ0n) is 41.0. The number of amides is 1. The van der Waals surface area contributed by atoms with Crippen LogP contribution in [-0.4, -0.2) is 100 Å². The van der Waals surface area contributed by atoms with Crippen LogP contribution in [0.1, 0.15) is 74.9 Å². The molecule has 1 N–H and O–H groups in total. The van der Waals surface area contributed by atoms with E-state index in [0.717, 1.165) is 45.2 Å². The van der Waals surface area contributed by atoms with Gasteiger partial charge in [-0.15, -0.1) is 0 Å². The lowest BCUT2D eigenvalue weighted by Gasteiger charge is -2.39. The molecule has 0 aliphatic carbocycles. The van der Waals surface area contributed by atoms with E-state index in [9.17, 15) is 10.1 Å². The summed E-state index contributed by atoms with van der Waals surface area (Å²) in [6, 6.07) is 38.0. The van der Waals surface area contributed by atoms with Crippen molar-refractivity contribution in [2.45, 2.75) is 103 Å². The third-order valence-electron chi connectivity index (χ3n) is 12.0. The molecular formula is C53H64N7O8PS. The molecule has 15 nitrogen and oxygen atoms in total. The Morgan fingerprint density at radius 1 is 0.914 bits per heavy atom. The number of fused-ring (bicyclic) bond motifs is 1. The second-order valence-electron chi connectivity index (χ2n) is 17.4. The molecule has 0 bridgehead atoms. The van der Waals surface area contributed by atoms with E-state index in [1.807, 2.05) is 108 Å². The molecule has 6 aromatic rings. The Labute approximate surface area is 417 Å². The van der Waals surface area contributed by atoms with Crippen LogP contribution in [0.5, 0.6) is 11.5 Å². The molecule has 2 aromatic heterocycles. The van der Waals surface area contributed by atoms with Crippen molar-refractivity contribution < 1.29 is 37.5 Å². The average Bonchev–Trinajstić information content (AvgIpc) is 3.98. The first kappa shape index (κ1) is 52.2. The van der Waals surface area contributed by atoms with E-state index in [0.29, 0.717) is 37.0 Å². The number of thioether (sulfide) groups is 1. The summed E-state index contributed by atoms with van der Waals surface area (Å²) in [5.41, 5.74) is 4.50. The number of anilines is 1. The summed E-state index contributed by atoms with van der Waals surface area (Å²) < 4.78 is 49.0. The van der Waals surface area contributed by atoms with Crippen molar-refractivity contribution in [1.82, 2.24) is 24.2 Å². The van der Waals surface area contributed by atoms with Crippen molar-refractivity contribution in [2.75, 3.05) is 44.8 Å². The minimum absolute atomic E-state index is 0.0966. The highest BCUT2D eigenvalue weighted by Gasteiger charge is 2.44. The van der Waals surface area contributed by atoms with Crippen LogP contribution in [0.15, 0.2) is 116 Å². The molecular weight excluding hydrogens is 926 g/mol. The van der Waals surface area contributed by atoms with Gasteiger partial charge in [-0.3, -0.25) is 5.32 Å². The van der Waals surface area contributed by atoms with Gasteiger partial charge in [-0.05, 0) is 92.6 Å². The van der Waals surface area contributed by atoms with Gasteiger partial charge in [0.15, 0.2) is 5.65 Å². The highest BCUT2D eigenvalue weighted by molar-refractivity contribution is 7.98. The molecule has 1 fully saturated rings. The summed E-state index contributed by atoms with van der Waals surface area (Å²) in [7, 11) is 1.69. The van der Waals surface area contributed by atoms with Gasteiger partial charge in [-0.25, -0.2) is 19.4 Å². The summed E-state index contributed by atoms with van der Waals surface area (Å²) >= 11 is 1.70. The van der Waals surface area contributed by atoms with Crippen LogP contribution in [0.25, 0.3) is 11.2 Å². The number of aryl methyl sites for hydroxylation is 2. The number of benzene rings is 4. The van der Waals surface area contributed by atoms with Gasteiger partial charge in [-0.2, -0.15) is 22.0 Å². The molecule has 7 rings (SSSR count). The van der Waals surface area contributed by atoms with Crippen LogP contribution in [0, 0.1) is 11.3 Å². The number of carbonyl (C=O) groups excluding carboxylic acids is 1. The number of rotatable bonds is 25. The number of nitrogens with zero attached hydrogens (tertiary/aromatic N) is 6. The molecule has 1 amide bonds. The monoisotopic (exact) mass is 989 g/mol. The Morgan fingerprint density at radius 3 is 2.14 bits per heavy atom. The Bertz CT molecular complexity index is 2550. The summed E-state index contributed by atoms with van der Waals surface area (Å²) in [6.07, 6.45) is 3.91. The first-order valence-corrected chi connectivity index (χ1v) is 26.2. The number of ether oxygens (including phenoxy) is 5. The van der Waals surface area contributed by atoms with Gasteiger partial charge in [0.05, 0.1) is 64.2 Å². The van der Waals surface area contributed by atoms with Crippen LogP contribution in [0.2, 0.25) is 0 Å². The fraction of sp³-hybridized carbons (Fsp3) is 0.415. The van der Waals surface area contributed by atoms with Gasteiger partial charge in [0.1, 0.15) is 35.3 Å². The molecule has 370 valence electrons. The fourth-order valence-electron chi connectivity index (χ4n) is 8.67. The highest BCUT2D eigenvalue weighted by Crippen LogP contribution is 2.50. The largest absolute Gasteiger partial charge is 0.497 e. The third kappa shape index (κ3) is 13.0. The lowest BCUT2D eigenvalue weighted by atomic mass is 9.80. The molecule has 1 aliphatic rings. The van der Waals surface area contributed by atoms with Crippen LogP contribution in [0.3, 0.4) is 0 Å². The SMILES string of the molecule is COc1ccc(C(OC[C@H]2O[C@@H](CCn3cnc4c(CCSC)nc(NC(=O)OCc5ccccc5)nc43)C[C@@H]2OP(OCCC#N)N(C(C)C)C(C)C)(c2ccccc2)c2ccc(OC)cc2)cc1. The molecule has 0 radical (unpaired) electrons. The van der Waals surface area contributed by atoms with E-state index >= 15 is 0 Å².